The molecule has 2 saturated carbocycles. The summed E-state index contributed by atoms with van der Waals surface area (Å²) in [6.45, 7) is 8.92. The summed E-state index contributed by atoms with van der Waals surface area (Å²) >= 11 is 0. The Bertz CT molecular complexity index is 836. The van der Waals surface area contributed by atoms with Crippen LogP contribution in [0.3, 0.4) is 0 Å². The zero-order valence-electron chi connectivity index (χ0n) is 20.5. The summed E-state index contributed by atoms with van der Waals surface area (Å²) in [4.78, 5) is 16.0. The van der Waals surface area contributed by atoms with E-state index in [4.69, 9.17) is 4.74 Å². The molecule has 1 aromatic heterocycles. The number of aldehydes is 1. The van der Waals surface area contributed by atoms with Crippen LogP contribution in [0.25, 0.3) is 5.57 Å². The van der Waals surface area contributed by atoms with Crippen LogP contribution in [0, 0.1) is 34.5 Å². The van der Waals surface area contributed by atoms with Crippen molar-refractivity contribution in [1.29, 1.82) is 0 Å². The highest BCUT2D eigenvalue weighted by Gasteiger charge is 2.57. The molecule has 4 rings (SSSR count). The average Bonchev–Trinajstić information content (AvgIpc) is 3.16. The van der Waals surface area contributed by atoms with Crippen molar-refractivity contribution in [3.63, 3.8) is 0 Å². The van der Waals surface area contributed by atoms with Crippen LogP contribution in [-0.4, -0.2) is 31.5 Å². The van der Waals surface area contributed by atoms with Gasteiger partial charge in [0.2, 0.25) is 0 Å². The number of fused-ring (bicyclic) bond motifs is 3. The molecule has 6 atom stereocenters. The molecule has 0 radical (unpaired) electrons. The number of carbonyl (C=O) groups excluding carboxylic acids is 1. The van der Waals surface area contributed by atoms with Gasteiger partial charge in [0.05, 0.1) is 12.8 Å². The third-order valence-corrected chi connectivity index (χ3v) is 9.44. The molecule has 0 saturated heterocycles. The number of allylic oxidation sites excluding steroid dienone is 2. The molecule has 3 aliphatic carbocycles. The van der Waals surface area contributed by atoms with E-state index >= 15 is 0 Å². The fourth-order valence-electron chi connectivity index (χ4n) is 7.70. The number of hydrogen-bond donors (Lipinski definition) is 1. The summed E-state index contributed by atoms with van der Waals surface area (Å²) in [5.74, 6) is 3.59. The van der Waals surface area contributed by atoms with Crippen LogP contribution in [0.15, 0.2) is 24.5 Å². The number of carbonyl (C=O) groups is 1. The Balaban J connectivity index is 1.58. The molecule has 32 heavy (non-hydrogen) atoms. The molecule has 1 aromatic rings. The van der Waals surface area contributed by atoms with E-state index in [0.717, 1.165) is 43.6 Å². The SMILES string of the molecule is CCCOc1cncc(C2=CCC3C4CCC(CC=O)C(C)(CCNC)C4CCC23C)c1. The topological polar surface area (TPSA) is 51.2 Å². The highest BCUT2D eigenvalue weighted by Crippen LogP contribution is 2.66. The summed E-state index contributed by atoms with van der Waals surface area (Å²) in [6.07, 6.45) is 16.6. The lowest BCUT2D eigenvalue weighted by Crippen LogP contribution is -2.52. The monoisotopic (exact) mass is 438 g/mol. The van der Waals surface area contributed by atoms with Crippen molar-refractivity contribution in [2.24, 2.45) is 34.5 Å². The van der Waals surface area contributed by atoms with E-state index in [1.165, 1.54) is 55.9 Å². The highest BCUT2D eigenvalue weighted by atomic mass is 16.5. The Labute approximate surface area is 194 Å². The number of aromatic nitrogens is 1. The molecule has 6 unspecified atom stereocenters. The summed E-state index contributed by atoms with van der Waals surface area (Å²) in [7, 11) is 2.05. The molecule has 0 bridgehead atoms. The quantitative estimate of drug-likeness (QED) is 0.486. The second-order valence-corrected chi connectivity index (χ2v) is 11.0. The van der Waals surface area contributed by atoms with Gasteiger partial charge in [-0.05, 0) is 110 Å². The van der Waals surface area contributed by atoms with Crippen molar-refractivity contribution in [2.45, 2.75) is 72.1 Å². The van der Waals surface area contributed by atoms with Gasteiger partial charge in [-0.25, -0.2) is 0 Å². The fourth-order valence-corrected chi connectivity index (χ4v) is 7.70. The van der Waals surface area contributed by atoms with E-state index in [0.29, 0.717) is 11.8 Å². The van der Waals surface area contributed by atoms with Crippen molar-refractivity contribution >= 4 is 11.9 Å². The molecule has 176 valence electrons. The number of rotatable bonds is 9. The van der Waals surface area contributed by atoms with Gasteiger partial charge >= 0.3 is 0 Å². The summed E-state index contributed by atoms with van der Waals surface area (Å²) < 4.78 is 5.89. The Hall–Kier alpha value is -1.68. The van der Waals surface area contributed by atoms with Crippen LogP contribution in [0.2, 0.25) is 0 Å². The summed E-state index contributed by atoms with van der Waals surface area (Å²) in [5, 5.41) is 3.38. The minimum atomic E-state index is 0.216. The molecule has 4 nitrogen and oxygen atoms in total. The molecule has 0 aliphatic heterocycles. The van der Waals surface area contributed by atoms with Crippen LogP contribution in [-0.2, 0) is 4.79 Å². The molecule has 2 fully saturated rings. The highest BCUT2D eigenvalue weighted by molar-refractivity contribution is 5.73. The van der Waals surface area contributed by atoms with Crippen molar-refractivity contribution in [3.05, 3.63) is 30.1 Å². The third kappa shape index (κ3) is 4.04. The Morgan fingerprint density at radius 1 is 1.22 bits per heavy atom. The first kappa shape index (κ1) is 23.5. The standard InChI is InChI=1S/C28H42N2O2/c1-5-16-32-22-17-20(18-30-19-22)24-8-9-25-23-7-6-21(11-15-31)27(2,13-14-29-4)26(23)10-12-28(24,25)3/h8,15,17-19,21,23,25-26,29H,5-7,9-14,16H2,1-4H3. The number of ether oxygens (including phenoxy) is 1. The third-order valence-electron chi connectivity index (χ3n) is 9.44. The molecular weight excluding hydrogens is 396 g/mol. The van der Waals surface area contributed by atoms with Gasteiger partial charge in [0, 0.05) is 12.6 Å². The molecule has 0 aromatic carbocycles. The summed E-state index contributed by atoms with van der Waals surface area (Å²) in [6, 6.07) is 2.20. The van der Waals surface area contributed by atoms with E-state index < -0.39 is 0 Å². The lowest BCUT2D eigenvalue weighted by Gasteiger charge is -2.59. The lowest BCUT2D eigenvalue weighted by atomic mass is 9.46. The smallest absolute Gasteiger partial charge is 0.138 e. The largest absolute Gasteiger partial charge is 0.492 e. The van der Waals surface area contributed by atoms with Crippen LogP contribution in [0.5, 0.6) is 5.75 Å². The molecule has 1 N–H and O–H groups in total. The number of nitrogens with one attached hydrogen (secondary N) is 1. The van der Waals surface area contributed by atoms with E-state index in [2.05, 4.69) is 50.3 Å². The van der Waals surface area contributed by atoms with Gasteiger partial charge in [-0.15, -0.1) is 0 Å². The van der Waals surface area contributed by atoms with Crippen LogP contribution < -0.4 is 10.1 Å². The normalized spacial score (nSPS) is 36.2. The minimum Gasteiger partial charge on any atom is -0.492 e. The first-order chi connectivity index (χ1) is 15.5. The van der Waals surface area contributed by atoms with Crippen LogP contribution in [0.4, 0.5) is 0 Å². The van der Waals surface area contributed by atoms with Gasteiger partial charge in [-0.3, -0.25) is 4.98 Å². The second-order valence-electron chi connectivity index (χ2n) is 11.0. The lowest BCUT2D eigenvalue weighted by molar-refractivity contribution is -0.115. The molecule has 0 spiro atoms. The van der Waals surface area contributed by atoms with Gasteiger partial charge in [0.1, 0.15) is 12.0 Å². The fraction of sp³-hybridized carbons (Fsp3) is 0.714. The van der Waals surface area contributed by atoms with Crippen LogP contribution >= 0.6 is 0 Å². The van der Waals surface area contributed by atoms with E-state index in [-0.39, 0.29) is 10.8 Å². The number of nitrogens with zero attached hydrogens (tertiary/aromatic N) is 1. The summed E-state index contributed by atoms with van der Waals surface area (Å²) in [5.41, 5.74) is 3.21. The number of hydrogen-bond acceptors (Lipinski definition) is 4. The van der Waals surface area contributed by atoms with E-state index in [9.17, 15) is 4.79 Å². The van der Waals surface area contributed by atoms with Gasteiger partial charge in [-0.2, -0.15) is 0 Å². The predicted molar refractivity (Wildman–Crippen MR) is 130 cm³/mol. The van der Waals surface area contributed by atoms with Gasteiger partial charge in [-0.1, -0.05) is 26.8 Å². The Morgan fingerprint density at radius 2 is 2.06 bits per heavy atom. The van der Waals surface area contributed by atoms with E-state index in [1.54, 1.807) is 0 Å². The number of pyridine rings is 1. The maximum Gasteiger partial charge on any atom is 0.138 e. The molecular formula is C28H42N2O2. The maximum absolute atomic E-state index is 11.5. The zero-order chi connectivity index (χ0) is 22.8. The molecule has 3 aliphatic rings. The molecule has 1 heterocycles. The van der Waals surface area contributed by atoms with Gasteiger partial charge in [0.15, 0.2) is 0 Å². The van der Waals surface area contributed by atoms with Gasteiger partial charge < -0.3 is 14.8 Å². The second kappa shape index (κ2) is 9.67. The van der Waals surface area contributed by atoms with Crippen molar-refractivity contribution in [3.8, 4) is 5.75 Å². The van der Waals surface area contributed by atoms with Crippen molar-refractivity contribution in [1.82, 2.24) is 10.3 Å². The van der Waals surface area contributed by atoms with E-state index in [1.807, 2.05) is 12.4 Å². The molecule has 4 heteroatoms. The average molecular weight is 439 g/mol. The van der Waals surface area contributed by atoms with Crippen molar-refractivity contribution in [2.75, 3.05) is 20.2 Å². The minimum absolute atomic E-state index is 0.216. The van der Waals surface area contributed by atoms with Gasteiger partial charge in [0.25, 0.3) is 0 Å². The maximum atomic E-state index is 11.5. The Kier molecular flexibility index (Phi) is 7.09. The zero-order valence-corrected chi connectivity index (χ0v) is 20.5. The van der Waals surface area contributed by atoms with Crippen LogP contribution in [0.1, 0.15) is 77.7 Å². The Morgan fingerprint density at radius 3 is 2.81 bits per heavy atom. The van der Waals surface area contributed by atoms with Crippen molar-refractivity contribution < 1.29 is 9.53 Å². The predicted octanol–water partition coefficient (Wildman–Crippen LogP) is 5.92. The first-order valence-corrected chi connectivity index (χ1v) is 12.8. The molecule has 0 amide bonds. The first-order valence-electron chi connectivity index (χ1n) is 12.8.